The van der Waals surface area contributed by atoms with Crippen LogP contribution in [-0.2, 0) is 11.2 Å². The van der Waals surface area contributed by atoms with E-state index in [1.54, 1.807) is 19.2 Å². The van der Waals surface area contributed by atoms with Crippen LogP contribution >= 0.6 is 0 Å². The summed E-state index contributed by atoms with van der Waals surface area (Å²) in [6, 6.07) is 13.9. The van der Waals surface area contributed by atoms with Crippen LogP contribution in [0.3, 0.4) is 0 Å². The maximum Gasteiger partial charge on any atom is 0.271 e. The normalized spacial score (nSPS) is 10.5. The molecule has 0 unspecified atom stereocenters. The van der Waals surface area contributed by atoms with Gasteiger partial charge in [-0.25, -0.2) is 4.98 Å². The van der Waals surface area contributed by atoms with Crippen LogP contribution in [0.1, 0.15) is 17.9 Å². The van der Waals surface area contributed by atoms with E-state index in [0.29, 0.717) is 23.8 Å². The Balaban J connectivity index is 1.61. The van der Waals surface area contributed by atoms with Gasteiger partial charge in [0.05, 0.1) is 16.8 Å². The van der Waals surface area contributed by atoms with Gasteiger partial charge >= 0.3 is 0 Å². The number of carbonyl (C=O) groups is 1. The number of oxazole rings is 1. The van der Waals surface area contributed by atoms with Crippen molar-refractivity contribution in [3.63, 3.8) is 0 Å². The standard InChI is InChI=1S/C19H17N3O4/c1-13-7-8-15(22(24)25)11-16(13)21-18(23)9-10-19-20-12-17(26-19)14-5-3-2-4-6-14/h2-8,11-12H,9-10H2,1H3,(H,21,23). The van der Waals surface area contributed by atoms with Gasteiger partial charge in [0, 0.05) is 30.5 Å². The summed E-state index contributed by atoms with van der Waals surface area (Å²) in [6.45, 7) is 1.78. The Hall–Kier alpha value is -3.48. The summed E-state index contributed by atoms with van der Waals surface area (Å²) < 4.78 is 5.66. The van der Waals surface area contributed by atoms with Crippen molar-refractivity contribution in [2.45, 2.75) is 19.8 Å². The van der Waals surface area contributed by atoms with Gasteiger partial charge in [-0.1, -0.05) is 36.4 Å². The van der Waals surface area contributed by atoms with Crippen molar-refractivity contribution in [2.24, 2.45) is 0 Å². The smallest absolute Gasteiger partial charge is 0.271 e. The van der Waals surface area contributed by atoms with Gasteiger partial charge in [0.25, 0.3) is 5.69 Å². The SMILES string of the molecule is Cc1ccc([N+](=O)[O-])cc1NC(=O)CCc1ncc(-c2ccccc2)o1. The van der Waals surface area contributed by atoms with Crippen molar-refractivity contribution >= 4 is 17.3 Å². The van der Waals surface area contributed by atoms with Gasteiger partial charge < -0.3 is 9.73 Å². The maximum atomic E-state index is 12.1. The molecule has 7 nitrogen and oxygen atoms in total. The first kappa shape index (κ1) is 17.3. The second-order valence-electron chi connectivity index (χ2n) is 5.79. The van der Waals surface area contributed by atoms with Gasteiger partial charge in [-0.05, 0) is 12.5 Å². The fourth-order valence-electron chi connectivity index (χ4n) is 2.45. The number of aromatic nitrogens is 1. The van der Waals surface area contributed by atoms with Gasteiger partial charge in [0.1, 0.15) is 0 Å². The quantitative estimate of drug-likeness (QED) is 0.532. The molecule has 0 aliphatic heterocycles. The Labute approximate surface area is 149 Å². The van der Waals surface area contributed by atoms with Crippen molar-refractivity contribution in [1.82, 2.24) is 4.98 Å². The van der Waals surface area contributed by atoms with Gasteiger partial charge in [-0.2, -0.15) is 0 Å². The maximum absolute atomic E-state index is 12.1. The lowest BCUT2D eigenvalue weighted by Crippen LogP contribution is -2.13. The molecule has 0 bridgehead atoms. The Morgan fingerprint density at radius 2 is 2.00 bits per heavy atom. The van der Waals surface area contributed by atoms with E-state index >= 15 is 0 Å². The average Bonchev–Trinajstić information content (AvgIpc) is 3.11. The summed E-state index contributed by atoms with van der Waals surface area (Å²) in [7, 11) is 0. The first-order valence-corrected chi connectivity index (χ1v) is 8.08. The summed E-state index contributed by atoms with van der Waals surface area (Å²) in [5.74, 6) is 0.860. The molecule has 1 N–H and O–H groups in total. The molecular weight excluding hydrogens is 334 g/mol. The molecule has 0 spiro atoms. The number of nitrogens with zero attached hydrogens (tertiary/aromatic N) is 2. The van der Waals surface area contributed by atoms with Crippen molar-refractivity contribution < 1.29 is 14.1 Å². The largest absolute Gasteiger partial charge is 0.441 e. The molecule has 3 rings (SSSR count). The number of nitro benzene ring substituents is 1. The van der Waals surface area contributed by atoms with Crippen LogP contribution in [0, 0.1) is 17.0 Å². The number of nitro groups is 1. The molecule has 2 aromatic carbocycles. The lowest BCUT2D eigenvalue weighted by atomic mass is 10.1. The molecule has 26 heavy (non-hydrogen) atoms. The Morgan fingerprint density at radius 3 is 2.73 bits per heavy atom. The number of amides is 1. The first-order valence-electron chi connectivity index (χ1n) is 8.08. The molecular formula is C19H17N3O4. The third kappa shape index (κ3) is 4.13. The number of rotatable bonds is 6. The number of hydrogen-bond acceptors (Lipinski definition) is 5. The molecule has 0 atom stereocenters. The molecule has 1 heterocycles. The second-order valence-corrected chi connectivity index (χ2v) is 5.79. The van der Waals surface area contributed by atoms with Gasteiger partial charge in [0.15, 0.2) is 11.7 Å². The van der Waals surface area contributed by atoms with E-state index in [4.69, 9.17) is 4.42 Å². The molecule has 1 amide bonds. The summed E-state index contributed by atoms with van der Waals surface area (Å²) >= 11 is 0. The molecule has 0 fully saturated rings. The fourth-order valence-corrected chi connectivity index (χ4v) is 2.45. The highest BCUT2D eigenvalue weighted by Crippen LogP contribution is 2.23. The highest BCUT2D eigenvalue weighted by atomic mass is 16.6. The number of benzene rings is 2. The number of non-ortho nitro benzene ring substituents is 1. The Morgan fingerprint density at radius 1 is 1.23 bits per heavy atom. The highest BCUT2D eigenvalue weighted by Gasteiger charge is 2.13. The topological polar surface area (TPSA) is 98.3 Å². The van der Waals surface area contributed by atoms with Crippen LogP contribution in [0.5, 0.6) is 0 Å². The number of carbonyl (C=O) groups excluding carboxylic acids is 1. The van der Waals surface area contributed by atoms with E-state index in [1.165, 1.54) is 12.1 Å². The first-order chi connectivity index (χ1) is 12.5. The molecule has 0 aliphatic carbocycles. The van der Waals surface area contributed by atoms with Gasteiger partial charge in [-0.15, -0.1) is 0 Å². The van der Waals surface area contributed by atoms with Crippen LogP contribution in [0.25, 0.3) is 11.3 Å². The zero-order valence-electron chi connectivity index (χ0n) is 14.1. The van der Waals surface area contributed by atoms with Crippen molar-refractivity contribution in [1.29, 1.82) is 0 Å². The van der Waals surface area contributed by atoms with E-state index in [2.05, 4.69) is 10.3 Å². The Kier molecular flexibility index (Phi) is 5.07. The van der Waals surface area contributed by atoms with Crippen LogP contribution < -0.4 is 5.32 Å². The third-order valence-electron chi connectivity index (χ3n) is 3.88. The highest BCUT2D eigenvalue weighted by molar-refractivity contribution is 5.91. The molecule has 0 saturated carbocycles. The van der Waals surface area contributed by atoms with Crippen molar-refractivity contribution in [3.8, 4) is 11.3 Å². The van der Waals surface area contributed by atoms with Crippen LogP contribution in [0.4, 0.5) is 11.4 Å². The van der Waals surface area contributed by atoms with Crippen LogP contribution in [-0.4, -0.2) is 15.8 Å². The van der Waals surface area contributed by atoms with Gasteiger partial charge in [0.2, 0.25) is 5.91 Å². The number of nitrogens with one attached hydrogen (secondary N) is 1. The fraction of sp³-hybridized carbons (Fsp3) is 0.158. The number of anilines is 1. The summed E-state index contributed by atoms with van der Waals surface area (Å²) in [5, 5.41) is 13.6. The van der Waals surface area contributed by atoms with E-state index < -0.39 is 4.92 Å². The van der Waals surface area contributed by atoms with Gasteiger partial charge in [-0.3, -0.25) is 14.9 Å². The molecule has 3 aromatic rings. The molecule has 7 heteroatoms. The zero-order valence-corrected chi connectivity index (χ0v) is 14.1. The molecule has 132 valence electrons. The molecule has 0 saturated heterocycles. The summed E-state index contributed by atoms with van der Waals surface area (Å²) in [6.07, 6.45) is 2.14. The molecule has 0 radical (unpaired) electrons. The van der Waals surface area contributed by atoms with E-state index in [9.17, 15) is 14.9 Å². The molecule has 1 aromatic heterocycles. The average molecular weight is 351 g/mol. The zero-order chi connectivity index (χ0) is 18.5. The van der Waals surface area contributed by atoms with Crippen molar-refractivity contribution in [2.75, 3.05) is 5.32 Å². The monoisotopic (exact) mass is 351 g/mol. The lowest BCUT2D eigenvalue weighted by Gasteiger charge is -2.07. The minimum Gasteiger partial charge on any atom is -0.441 e. The van der Waals surface area contributed by atoms with E-state index in [0.717, 1.165) is 11.1 Å². The predicted molar refractivity (Wildman–Crippen MR) is 96.7 cm³/mol. The van der Waals surface area contributed by atoms with Crippen LogP contribution in [0.15, 0.2) is 59.1 Å². The minimum absolute atomic E-state index is 0.0638. The summed E-state index contributed by atoms with van der Waals surface area (Å²) in [5.41, 5.74) is 2.04. The number of aryl methyl sites for hydroxylation is 2. The second kappa shape index (κ2) is 7.60. The third-order valence-corrected chi connectivity index (χ3v) is 3.88. The summed E-state index contributed by atoms with van der Waals surface area (Å²) in [4.78, 5) is 26.7. The number of hydrogen-bond donors (Lipinski definition) is 1. The van der Waals surface area contributed by atoms with Crippen molar-refractivity contribution in [3.05, 3.63) is 76.3 Å². The molecule has 0 aliphatic rings. The predicted octanol–water partition coefficient (Wildman–Crippen LogP) is 4.13. The minimum atomic E-state index is -0.493. The van der Waals surface area contributed by atoms with E-state index in [-0.39, 0.29) is 18.0 Å². The van der Waals surface area contributed by atoms with Crippen LogP contribution in [0.2, 0.25) is 0 Å². The van der Waals surface area contributed by atoms with E-state index in [1.807, 2.05) is 30.3 Å². The lowest BCUT2D eigenvalue weighted by molar-refractivity contribution is -0.384. The Bertz CT molecular complexity index is 935.